The SMILES string of the molecule is CC(=O)Nc1nc2c(Oc3cc(N4CCN(C(C)c5ccccc5F)CC4)ccn3)cccc2s1. The van der Waals surface area contributed by atoms with Crippen molar-refractivity contribution in [1.29, 1.82) is 0 Å². The van der Waals surface area contributed by atoms with Crippen molar-refractivity contribution in [3.05, 3.63) is 72.2 Å². The minimum Gasteiger partial charge on any atom is -0.437 e. The number of carbonyl (C=O) groups excluding carboxylic acids is 1. The van der Waals surface area contributed by atoms with Gasteiger partial charge in [-0.05, 0) is 31.2 Å². The van der Waals surface area contributed by atoms with E-state index in [4.69, 9.17) is 4.74 Å². The zero-order chi connectivity index (χ0) is 24.4. The van der Waals surface area contributed by atoms with Crippen LogP contribution >= 0.6 is 11.3 Å². The van der Waals surface area contributed by atoms with Crippen molar-refractivity contribution in [2.24, 2.45) is 0 Å². The maximum Gasteiger partial charge on any atom is 0.223 e. The van der Waals surface area contributed by atoms with Gasteiger partial charge in [-0.3, -0.25) is 9.69 Å². The molecule has 2 aromatic carbocycles. The Balaban J connectivity index is 1.28. The lowest BCUT2D eigenvalue weighted by molar-refractivity contribution is -0.114. The number of thiazole rings is 1. The first kappa shape index (κ1) is 23.2. The molecule has 1 atom stereocenters. The number of pyridine rings is 1. The number of hydrogen-bond acceptors (Lipinski definition) is 7. The van der Waals surface area contributed by atoms with Crippen LogP contribution in [-0.4, -0.2) is 47.0 Å². The summed E-state index contributed by atoms with van der Waals surface area (Å²) in [6, 6.07) is 16.6. The van der Waals surface area contributed by atoms with Gasteiger partial charge in [0.15, 0.2) is 10.9 Å². The Morgan fingerprint density at radius 2 is 1.91 bits per heavy atom. The van der Waals surface area contributed by atoms with Gasteiger partial charge in [0.1, 0.15) is 11.3 Å². The van der Waals surface area contributed by atoms with Gasteiger partial charge in [0, 0.05) is 62.7 Å². The number of anilines is 2. The normalized spacial score (nSPS) is 15.2. The Labute approximate surface area is 207 Å². The summed E-state index contributed by atoms with van der Waals surface area (Å²) in [6.45, 7) is 6.83. The van der Waals surface area contributed by atoms with Gasteiger partial charge in [0.25, 0.3) is 0 Å². The molecule has 0 aliphatic carbocycles. The largest absolute Gasteiger partial charge is 0.437 e. The highest BCUT2D eigenvalue weighted by atomic mass is 32.1. The molecule has 0 radical (unpaired) electrons. The molecule has 1 fully saturated rings. The number of carbonyl (C=O) groups is 1. The van der Waals surface area contributed by atoms with E-state index in [9.17, 15) is 9.18 Å². The Hall–Kier alpha value is -3.56. The molecule has 3 heterocycles. The number of piperazine rings is 1. The van der Waals surface area contributed by atoms with Crippen molar-refractivity contribution in [3.8, 4) is 11.6 Å². The van der Waals surface area contributed by atoms with Crippen molar-refractivity contribution >= 4 is 38.3 Å². The number of nitrogens with one attached hydrogen (secondary N) is 1. The molecule has 1 unspecified atom stereocenters. The maximum absolute atomic E-state index is 14.2. The quantitative estimate of drug-likeness (QED) is 0.386. The molecular formula is C26H26FN5O2S. The fourth-order valence-electron chi connectivity index (χ4n) is 4.35. The number of halogens is 1. The molecule has 5 rings (SSSR count). The summed E-state index contributed by atoms with van der Waals surface area (Å²) in [6.07, 6.45) is 1.74. The van der Waals surface area contributed by atoms with Crippen LogP contribution in [0.5, 0.6) is 11.6 Å². The smallest absolute Gasteiger partial charge is 0.223 e. The van der Waals surface area contributed by atoms with E-state index < -0.39 is 0 Å². The van der Waals surface area contributed by atoms with Crippen LogP contribution in [0.1, 0.15) is 25.5 Å². The molecule has 180 valence electrons. The third-order valence-corrected chi connectivity index (χ3v) is 7.12. The Kier molecular flexibility index (Phi) is 6.61. The van der Waals surface area contributed by atoms with Gasteiger partial charge < -0.3 is 15.0 Å². The summed E-state index contributed by atoms with van der Waals surface area (Å²) in [5.74, 6) is 0.747. The first-order valence-corrected chi connectivity index (χ1v) is 12.3. The summed E-state index contributed by atoms with van der Waals surface area (Å²) in [4.78, 5) is 24.9. The molecule has 2 aromatic heterocycles. The molecule has 1 amide bonds. The van der Waals surface area contributed by atoms with Crippen LogP contribution in [0.2, 0.25) is 0 Å². The van der Waals surface area contributed by atoms with Crippen LogP contribution < -0.4 is 15.0 Å². The monoisotopic (exact) mass is 491 g/mol. The number of ether oxygens (including phenoxy) is 1. The highest BCUT2D eigenvalue weighted by Crippen LogP contribution is 2.35. The van der Waals surface area contributed by atoms with Gasteiger partial charge in [0.2, 0.25) is 11.8 Å². The second-order valence-corrected chi connectivity index (χ2v) is 9.51. The Bertz CT molecular complexity index is 1350. The average Bonchev–Trinajstić information content (AvgIpc) is 3.27. The molecular weight excluding hydrogens is 465 g/mol. The summed E-state index contributed by atoms with van der Waals surface area (Å²) in [5.41, 5.74) is 2.44. The minimum atomic E-state index is -0.163. The molecule has 1 aliphatic heterocycles. The lowest BCUT2D eigenvalue weighted by Crippen LogP contribution is -2.47. The zero-order valence-electron chi connectivity index (χ0n) is 19.6. The van der Waals surface area contributed by atoms with E-state index in [2.05, 4.69) is 32.0 Å². The zero-order valence-corrected chi connectivity index (χ0v) is 20.4. The Morgan fingerprint density at radius 1 is 1.11 bits per heavy atom. The van der Waals surface area contributed by atoms with Gasteiger partial charge in [0.05, 0.1) is 4.70 Å². The predicted octanol–water partition coefficient (Wildman–Crippen LogP) is 5.46. The predicted molar refractivity (Wildman–Crippen MR) is 137 cm³/mol. The second kappa shape index (κ2) is 9.97. The maximum atomic E-state index is 14.2. The van der Waals surface area contributed by atoms with Crippen molar-refractivity contribution < 1.29 is 13.9 Å². The number of amides is 1. The van der Waals surface area contributed by atoms with E-state index in [1.165, 1.54) is 24.3 Å². The molecule has 1 saturated heterocycles. The third-order valence-electron chi connectivity index (χ3n) is 6.18. The van der Waals surface area contributed by atoms with Crippen LogP contribution in [0.3, 0.4) is 0 Å². The lowest BCUT2D eigenvalue weighted by atomic mass is 10.1. The Morgan fingerprint density at radius 3 is 2.69 bits per heavy atom. The van der Waals surface area contributed by atoms with E-state index >= 15 is 0 Å². The standard InChI is InChI=1S/C26H26FN5O2S/c1-17(20-6-3-4-7-21(20)27)31-12-14-32(15-13-31)19-10-11-28-24(16-19)34-22-8-5-9-23-25(22)30-26(35-23)29-18(2)33/h3-11,16-17H,12-15H2,1-2H3,(H,29,30,33). The van der Waals surface area contributed by atoms with E-state index in [0.29, 0.717) is 22.3 Å². The van der Waals surface area contributed by atoms with Crippen LogP contribution in [0.4, 0.5) is 15.2 Å². The molecule has 35 heavy (non-hydrogen) atoms. The first-order chi connectivity index (χ1) is 17.0. The highest BCUT2D eigenvalue weighted by Gasteiger charge is 2.24. The topological polar surface area (TPSA) is 70.6 Å². The van der Waals surface area contributed by atoms with Crippen LogP contribution in [0, 0.1) is 5.82 Å². The van der Waals surface area contributed by atoms with Gasteiger partial charge in [-0.1, -0.05) is 35.6 Å². The highest BCUT2D eigenvalue weighted by molar-refractivity contribution is 7.22. The summed E-state index contributed by atoms with van der Waals surface area (Å²) >= 11 is 1.40. The van der Waals surface area contributed by atoms with Crippen molar-refractivity contribution in [3.63, 3.8) is 0 Å². The van der Waals surface area contributed by atoms with Crippen molar-refractivity contribution in [1.82, 2.24) is 14.9 Å². The fourth-order valence-corrected chi connectivity index (χ4v) is 5.28. The average molecular weight is 492 g/mol. The molecule has 1 N–H and O–H groups in total. The van der Waals surface area contributed by atoms with Crippen molar-refractivity contribution in [2.45, 2.75) is 19.9 Å². The molecule has 4 aromatic rings. The van der Waals surface area contributed by atoms with Crippen LogP contribution in [0.15, 0.2) is 60.8 Å². The van der Waals surface area contributed by atoms with Gasteiger partial charge in [-0.15, -0.1) is 0 Å². The fraction of sp³-hybridized carbons (Fsp3) is 0.269. The number of hydrogen-bond donors (Lipinski definition) is 1. The summed E-state index contributed by atoms with van der Waals surface area (Å²) in [7, 11) is 0. The van der Waals surface area contributed by atoms with E-state index in [-0.39, 0.29) is 17.8 Å². The minimum absolute atomic E-state index is 0.0238. The number of aromatic nitrogens is 2. The molecule has 0 spiro atoms. The number of fused-ring (bicyclic) bond motifs is 1. The van der Waals surface area contributed by atoms with Gasteiger partial charge in [-0.2, -0.15) is 0 Å². The molecule has 0 saturated carbocycles. The number of nitrogens with zero attached hydrogens (tertiary/aromatic N) is 4. The summed E-state index contributed by atoms with van der Waals surface area (Å²) in [5, 5.41) is 3.26. The molecule has 9 heteroatoms. The molecule has 1 aliphatic rings. The molecule has 0 bridgehead atoms. The number of benzene rings is 2. The lowest BCUT2D eigenvalue weighted by Gasteiger charge is -2.39. The first-order valence-electron chi connectivity index (χ1n) is 11.5. The molecule has 7 nitrogen and oxygen atoms in total. The number of para-hydroxylation sites is 1. The van der Waals surface area contributed by atoms with E-state index in [1.54, 1.807) is 12.3 Å². The summed E-state index contributed by atoms with van der Waals surface area (Å²) < 4.78 is 21.3. The number of rotatable bonds is 6. The van der Waals surface area contributed by atoms with Gasteiger partial charge >= 0.3 is 0 Å². The van der Waals surface area contributed by atoms with Crippen molar-refractivity contribution in [2.75, 3.05) is 36.4 Å². The van der Waals surface area contributed by atoms with E-state index in [1.807, 2.05) is 42.5 Å². The van der Waals surface area contributed by atoms with Gasteiger partial charge in [-0.25, -0.2) is 14.4 Å². The third kappa shape index (κ3) is 5.11. The van der Waals surface area contributed by atoms with E-state index in [0.717, 1.165) is 42.1 Å². The second-order valence-electron chi connectivity index (χ2n) is 8.48. The van der Waals surface area contributed by atoms with Crippen LogP contribution in [0.25, 0.3) is 10.2 Å². The van der Waals surface area contributed by atoms with Crippen LogP contribution in [-0.2, 0) is 4.79 Å².